The van der Waals surface area contributed by atoms with E-state index in [1.807, 2.05) is 11.8 Å². The molecule has 1 heterocycles. The van der Waals surface area contributed by atoms with E-state index in [1.54, 1.807) is 0 Å². The molecule has 1 unspecified atom stereocenters. The standard InChI is InChI=1S/C14H22N2O2/c1-14(11-4-5-11)13(18)16(8-6-10-2-3-10)9-7-12(17)15-14/h10-11H,2-9H2,1H3,(H,15,17). The molecule has 3 aliphatic rings. The first-order chi connectivity index (χ1) is 8.59. The number of carbonyl (C=O) groups excluding carboxylic acids is 2. The molecule has 2 saturated carbocycles. The number of carbonyl (C=O) groups is 2. The third-order valence-corrected chi connectivity index (χ3v) is 4.64. The fraction of sp³-hybridized carbons (Fsp3) is 0.857. The van der Waals surface area contributed by atoms with Crippen molar-refractivity contribution in [2.45, 2.75) is 51.0 Å². The highest BCUT2D eigenvalue weighted by Gasteiger charge is 2.51. The Kier molecular flexibility index (Phi) is 2.83. The van der Waals surface area contributed by atoms with E-state index in [0.29, 0.717) is 18.9 Å². The van der Waals surface area contributed by atoms with Gasteiger partial charge in [-0.25, -0.2) is 0 Å². The lowest BCUT2D eigenvalue weighted by Gasteiger charge is -2.32. The van der Waals surface area contributed by atoms with Gasteiger partial charge in [-0.3, -0.25) is 9.59 Å². The van der Waals surface area contributed by atoms with E-state index in [1.165, 1.54) is 12.8 Å². The summed E-state index contributed by atoms with van der Waals surface area (Å²) < 4.78 is 0. The fourth-order valence-electron chi connectivity index (χ4n) is 2.97. The Bertz CT molecular complexity index is 374. The minimum absolute atomic E-state index is 0.0340. The van der Waals surface area contributed by atoms with Crippen molar-refractivity contribution in [3.05, 3.63) is 0 Å². The van der Waals surface area contributed by atoms with Crippen molar-refractivity contribution in [2.24, 2.45) is 11.8 Å². The summed E-state index contributed by atoms with van der Waals surface area (Å²) >= 11 is 0. The summed E-state index contributed by atoms with van der Waals surface area (Å²) in [5.74, 6) is 1.37. The smallest absolute Gasteiger partial charge is 0.248 e. The molecule has 3 rings (SSSR count). The third-order valence-electron chi connectivity index (χ3n) is 4.64. The molecule has 0 radical (unpaired) electrons. The van der Waals surface area contributed by atoms with Gasteiger partial charge in [0.05, 0.1) is 0 Å². The monoisotopic (exact) mass is 250 g/mol. The number of amides is 2. The summed E-state index contributed by atoms with van der Waals surface area (Å²) in [6.45, 7) is 3.35. The predicted octanol–water partition coefficient (Wildman–Crippen LogP) is 1.30. The lowest BCUT2D eigenvalue weighted by molar-refractivity contribution is -0.139. The molecule has 0 aromatic rings. The number of hydrogen-bond donors (Lipinski definition) is 1. The van der Waals surface area contributed by atoms with Crippen LogP contribution in [0, 0.1) is 11.8 Å². The van der Waals surface area contributed by atoms with Crippen LogP contribution in [0.25, 0.3) is 0 Å². The topological polar surface area (TPSA) is 49.4 Å². The zero-order valence-electron chi connectivity index (χ0n) is 11.1. The molecule has 3 fully saturated rings. The molecule has 18 heavy (non-hydrogen) atoms. The SMILES string of the molecule is CC1(C2CC2)NC(=O)CCN(CCC2CC2)C1=O. The van der Waals surface area contributed by atoms with E-state index in [9.17, 15) is 9.59 Å². The summed E-state index contributed by atoms with van der Waals surface area (Å²) in [6, 6.07) is 0. The normalized spacial score (nSPS) is 33.3. The molecule has 0 bridgehead atoms. The number of nitrogens with zero attached hydrogens (tertiary/aromatic N) is 1. The van der Waals surface area contributed by atoms with Crippen LogP contribution in [0.1, 0.15) is 45.4 Å². The van der Waals surface area contributed by atoms with Crippen LogP contribution >= 0.6 is 0 Å². The van der Waals surface area contributed by atoms with Crippen LogP contribution in [0.2, 0.25) is 0 Å². The second-order valence-electron chi connectivity index (χ2n) is 6.30. The van der Waals surface area contributed by atoms with Crippen molar-refractivity contribution >= 4 is 11.8 Å². The predicted molar refractivity (Wildman–Crippen MR) is 67.8 cm³/mol. The van der Waals surface area contributed by atoms with Gasteiger partial charge in [-0.2, -0.15) is 0 Å². The maximum absolute atomic E-state index is 12.6. The van der Waals surface area contributed by atoms with Gasteiger partial charge in [-0.15, -0.1) is 0 Å². The van der Waals surface area contributed by atoms with Gasteiger partial charge in [0.15, 0.2) is 0 Å². The van der Waals surface area contributed by atoms with E-state index < -0.39 is 5.54 Å². The average Bonchev–Trinajstić information content (AvgIpc) is 3.16. The van der Waals surface area contributed by atoms with Crippen molar-refractivity contribution in [3.63, 3.8) is 0 Å². The van der Waals surface area contributed by atoms with Crippen molar-refractivity contribution < 1.29 is 9.59 Å². The Balaban J connectivity index is 1.72. The lowest BCUT2D eigenvalue weighted by atomic mass is 9.94. The summed E-state index contributed by atoms with van der Waals surface area (Å²) in [7, 11) is 0. The van der Waals surface area contributed by atoms with Crippen molar-refractivity contribution in [2.75, 3.05) is 13.1 Å². The van der Waals surface area contributed by atoms with Crippen LogP contribution in [-0.4, -0.2) is 35.3 Å². The van der Waals surface area contributed by atoms with Crippen LogP contribution in [0.15, 0.2) is 0 Å². The molecule has 4 nitrogen and oxygen atoms in total. The molecule has 100 valence electrons. The number of hydrogen-bond acceptors (Lipinski definition) is 2. The van der Waals surface area contributed by atoms with Crippen molar-refractivity contribution in [1.29, 1.82) is 0 Å². The zero-order valence-corrected chi connectivity index (χ0v) is 11.1. The highest BCUT2D eigenvalue weighted by atomic mass is 16.2. The van der Waals surface area contributed by atoms with Gasteiger partial charge in [0.1, 0.15) is 5.54 Å². The highest BCUT2D eigenvalue weighted by Crippen LogP contribution is 2.41. The Morgan fingerprint density at radius 3 is 2.61 bits per heavy atom. The van der Waals surface area contributed by atoms with Crippen LogP contribution in [0.5, 0.6) is 0 Å². The summed E-state index contributed by atoms with van der Waals surface area (Å²) in [5, 5.41) is 2.97. The van der Waals surface area contributed by atoms with E-state index in [2.05, 4.69) is 5.32 Å². The van der Waals surface area contributed by atoms with E-state index in [4.69, 9.17) is 0 Å². The molecule has 2 aliphatic carbocycles. The molecular weight excluding hydrogens is 228 g/mol. The lowest BCUT2D eigenvalue weighted by Crippen LogP contribution is -2.56. The van der Waals surface area contributed by atoms with E-state index >= 15 is 0 Å². The Morgan fingerprint density at radius 2 is 2.00 bits per heavy atom. The van der Waals surface area contributed by atoms with Gasteiger partial charge >= 0.3 is 0 Å². The molecule has 1 saturated heterocycles. The first-order valence-electron chi connectivity index (χ1n) is 7.20. The quantitative estimate of drug-likeness (QED) is 0.817. The highest BCUT2D eigenvalue weighted by molar-refractivity contribution is 5.93. The molecule has 1 atom stereocenters. The third kappa shape index (κ3) is 2.25. The number of nitrogens with one attached hydrogen (secondary N) is 1. The molecule has 2 amide bonds. The van der Waals surface area contributed by atoms with Crippen molar-refractivity contribution in [3.8, 4) is 0 Å². The fourth-order valence-corrected chi connectivity index (χ4v) is 2.97. The van der Waals surface area contributed by atoms with Crippen LogP contribution in [0.4, 0.5) is 0 Å². The summed E-state index contributed by atoms with van der Waals surface area (Å²) in [6.07, 6.45) is 6.34. The van der Waals surface area contributed by atoms with Crippen molar-refractivity contribution in [1.82, 2.24) is 10.2 Å². The second kappa shape index (κ2) is 4.25. The number of rotatable bonds is 4. The van der Waals surface area contributed by atoms with Gasteiger partial charge in [0, 0.05) is 19.5 Å². The molecular formula is C14H22N2O2. The van der Waals surface area contributed by atoms with E-state index in [-0.39, 0.29) is 11.8 Å². The Morgan fingerprint density at radius 1 is 1.28 bits per heavy atom. The molecule has 1 aliphatic heterocycles. The maximum Gasteiger partial charge on any atom is 0.248 e. The molecule has 0 aromatic heterocycles. The van der Waals surface area contributed by atoms with Gasteiger partial charge < -0.3 is 10.2 Å². The molecule has 1 N–H and O–H groups in total. The largest absolute Gasteiger partial charge is 0.342 e. The maximum atomic E-state index is 12.6. The second-order valence-corrected chi connectivity index (χ2v) is 6.30. The first-order valence-corrected chi connectivity index (χ1v) is 7.20. The zero-order chi connectivity index (χ0) is 12.8. The van der Waals surface area contributed by atoms with Crippen LogP contribution in [-0.2, 0) is 9.59 Å². The van der Waals surface area contributed by atoms with Gasteiger partial charge in [0.2, 0.25) is 11.8 Å². The van der Waals surface area contributed by atoms with Gasteiger partial charge in [0.25, 0.3) is 0 Å². The average molecular weight is 250 g/mol. The summed E-state index contributed by atoms with van der Waals surface area (Å²) in [5.41, 5.74) is -0.628. The molecule has 0 spiro atoms. The molecule has 4 heteroatoms. The van der Waals surface area contributed by atoms with Gasteiger partial charge in [-0.1, -0.05) is 12.8 Å². The first kappa shape index (κ1) is 12.0. The van der Waals surface area contributed by atoms with Gasteiger partial charge in [-0.05, 0) is 38.0 Å². The van der Waals surface area contributed by atoms with Crippen LogP contribution < -0.4 is 5.32 Å². The van der Waals surface area contributed by atoms with E-state index in [0.717, 1.165) is 31.7 Å². The minimum atomic E-state index is -0.628. The Hall–Kier alpha value is -1.06. The minimum Gasteiger partial charge on any atom is -0.342 e. The van der Waals surface area contributed by atoms with Crippen LogP contribution in [0.3, 0.4) is 0 Å². The molecule has 0 aromatic carbocycles. The Labute approximate surface area is 108 Å². The summed E-state index contributed by atoms with van der Waals surface area (Å²) in [4.78, 5) is 26.3.